The van der Waals surface area contributed by atoms with Crippen LogP contribution in [0.3, 0.4) is 0 Å². The fourth-order valence-corrected chi connectivity index (χ4v) is 12.2. The highest BCUT2D eigenvalue weighted by Crippen LogP contribution is 2.44. The molecule has 0 aliphatic heterocycles. The van der Waals surface area contributed by atoms with E-state index in [9.17, 15) is 28.8 Å². The Morgan fingerprint density at radius 1 is 0.376 bits per heavy atom. The number of hydrogen-bond acceptors (Lipinski definition) is 12. The van der Waals surface area contributed by atoms with Crippen LogP contribution >= 0.6 is 0 Å². The van der Waals surface area contributed by atoms with Crippen molar-refractivity contribution in [3.63, 3.8) is 0 Å². The van der Waals surface area contributed by atoms with Gasteiger partial charge >= 0.3 is 29.8 Å². The zero-order valence-electron chi connectivity index (χ0n) is 88.3. The molecule has 0 bridgehead atoms. The number of aliphatic hydroxyl groups excluding tert-OH is 1. The molecule has 12 nitrogen and oxygen atoms in total. The van der Waals surface area contributed by atoms with E-state index in [1.165, 1.54) is 58.7 Å². The third-order valence-corrected chi connectivity index (χ3v) is 22.3. The van der Waals surface area contributed by atoms with Crippen LogP contribution in [0.25, 0.3) is 11.1 Å². The van der Waals surface area contributed by atoms with Gasteiger partial charge in [-0.15, -0.1) is 6.58 Å². The van der Waals surface area contributed by atoms with Gasteiger partial charge in [0.2, 0.25) is 0 Å². The van der Waals surface area contributed by atoms with Gasteiger partial charge in [-0.2, -0.15) is 0 Å². The summed E-state index contributed by atoms with van der Waals surface area (Å²) in [6, 6.07) is 46.6. The molecule has 720 valence electrons. The number of aliphatic hydroxyl groups is 1. The van der Waals surface area contributed by atoms with Crippen LogP contribution in [0.2, 0.25) is 24.7 Å². The van der Waals surface area contributed by atoms with E-state index in [4.69, 9.17) is 28.8 Å². The molecule has 13 heteroatoms. The molecule has 0 radical (unpaired) electrons. The number of hydrogen-bond donors (Lipinski definition) is 1. The fourth-order valence-electron chi connectivity index (χ4n) is 9.66. The molecule has 0 amide bonds. The first kappa shape index (κ1) is 133. The molecule has 0 saturated carbocycles. The van der Waals surface area contributed by atoms with Crippen molar-refractivity contribution < 1.29 is 57.6 Å². The summed E-state index contributed by atoms with van der Waals surface area (Å²) in [7, 11) is -0.844. The Morgan fingerprint density at radius 3 is 0.976 bits per heavy atom. The highest BCUT2D eigenvalue weighted by atomic mass is 28.3. The van der Waals surface area contributed by atoms with Crippen LogP contribution in [0.5, 0.6) is 0 Å². The fraction of sp³-hybridized carbons (Fsp3) is 0.643. The molecule has 0 aromatic heterocycles. The molecule has 1 aliphatic rings. The van der Waals surface area contributed by atoms with Crippen molar-refractivity contribution >= 4 is 43.7 Å². The minimum absolute atomic E-state index is 0.00116. The van der Waals surface area contributed by atoms with Gasteiger partial charge in [-0.3, -0.25) is 28.8 Å². The summed E-state index contributed by atoms with van der Waals surface area (Å²) in [5.41, 5.74) is 10.8. The quantitative estimate of drug-likeness (QED) is 0.0208. The first-order valence-electron chi connectivity index (χ1n) is 47.4. The Kier molecular flexibility index (Phi) is 89.2. The van der Waals surface area contributed by atoms with E-state index in [1.807, 2.05) is 151 Å². The van der Waals surface area contributed by atoms with E-state index >= 15 is 0 Å². The second-order valence-electron chi connectivity index (χ2n) is 39.7. The van der Waals surface area contributed by atoms with Crippen molar-refractivity contribution in [1.29, 1.82) is 0 Å². The normalized spacial score (nSPS) is 10.7. The van der Waals surface area contributed by atoms with Crippen molar-refractivity contribution in [1.82, 2.24) is 0 Å². The predicted molar refractivity (Wildman–Crippen MR) is 547 cm³/mol. The molecule has 5 aromatic rings. The van der Waals surface area contributed by atoms with E-state index in [-0.39, 0.29) is 83.7 Å². The summed E-state index contributed by atoms with van der Waals surface area (Å²) in [6.45, 7) is 95.4. The van der Waals surface area contributed by atoms with E-state index in [0.29, 0.717) is 44.9 Å². The van der Waals surface area contributed by atoms with Gasteiger partial charge in [0.05, 0.1) is 57.5 Å². The summed E-state index contributed by atoms with van der Waals surface area (Å²) in [4.78, 5) is 65.1. The van der Waals surface area contributed by atoms with Crippen LogP contribution in [0.1, 0.15) is 335 Å². The predicted octanol–water partition coefficient (Wildman–Crippen LogP) is 31.7. The lowest BCUT2D eigenvalue weighted by Gasteiger charge is -2.28. The summed E-state index contributed by atoms with van der Waals surface area (Å²) in [5, 5.41) is 8.81. The number of rotatable bonds is 29. The van der Waals surface area contributed by atoms with Crippen LogP contribution in [-0.2, 0) is 78.5 Å². The highest BCUT2D eigenvalue weighted by Gasteiger charge is 2.30. The number of ether oxygens (including phenoxy) is 5. The molecule has 1 N–H and O–H groups in total. The van der Waals surface area contributed by atoms with Crippen molar-refractivity contribution in [2.24, 2.45) is 94.7 Å². The number of ketones is 1. The average molecular weight is 1760 g/mol. The molecular weight excluding hydrogens is 1570 g/mol. The Hall–Kier alpha value is -7.22. The number of Topliss-reactive ketones (excluding diaryl/α,β-unsaturated/α-hetero) is 1. The summed E-state index contributed by atoms with van der Waals surface area (Å²) < 4.78 is 24.9. The Labute approximate surface area is 773 Å². The van der Waals surface area contributed by atoms with Crippen molar-refractivity contribution in [2.75, 3.05) is 26.4 Å². The number of fused-ring (bicyclic) bond motifs is 3. The van der Waals surface area contributed by atoms with E-state index < -0.39 is 8.07 Å². The molecule has 5 aromatic carbocycles. The standard InChI is InChI=1S/C18H18O2.C11H14O2.C11H16O.C10H14.C9H22Si.C8H16O2.C7H14O2.C7H12O2.C7H16.C6H12.C5H10O.C5H12.2C4H10/c1-12(2)18(19)20-11-17-15-9-5-3-7-13(15)14-8-4-6-10-16(14)17;1-9(2)11(12)13-8-10-6-4-3-5-7-10;1-9(2)7-10-3-5-11(8-12)6-4-10;1-9(2)8-10-6-4-3-5-7-10;1-8(2)7-10(5,6)9(3)4;1-6(2)5-10-8(9)7(3)4;2*1-4-5-9-7(8)6(2)3;1-6(2)5-7(3)4;1-4-5-6(2)3;1-4(2)5(3)6;1-4-5(2)3;2*1-4(2)3/h3-10,12,17H,11H2,1-2H3;3-7,9H,8H2,1-2H3;3-6,9,12H,7-8H2,1-2H3;3-7,9H,8H2,1-2H3;8-9H,7H2,1-6H3;6-7H,5H2,1-4H3;6H,4-5H2,1-3H3;4,6H,1,5H2,2-3H3;6-7H,5H2,1-4H3;4,6H,1,5H2,2-3H3;4H,1-3H3;5H,4H2,1-3H3;2*4H,1-3H3. The third-order valence-electron chi connectivity index (χ3n) is 17.3. The first-order valence-corrected chi connectivity index (χ1v) is 50.7. The van der Waals surface area contributed by atoms with Crippen LogP contribution in [0, 0.1) is 94.7 Å². The number of esters is 5. The van der Waals surface area contributed by atoms with Crippen LogP contribution in [0.4, 0.5) is 0 Å². The molecule has 0 fully saturated rings. The Balaban J connectivity index is -0.000000201. The van der Waals surface area contributed by atoms with Crippen molar-refractivity contribution in [3.05, 3.63) is 192 Å². The van der Waals surface area contributed by atoms with Crippen molar-refractivity contribution in [2.45, 2.75) is 352 Å². The highest BCUT2D eigenvalue weighted by molar-refractivity contribution is 6.78. The second-order valence-corrected chi connectivity index (χ2v) is 45.2. The molecule has 0 atom stereocenters. The van der Waals surface area contributed by atoms with Gasteiger partial charge in [-0.1, -0.05) is 446 Å². The van der Waals surface area contributed by atoms with E-state index in [2.05, 4.69) is 264 Å². The SMILES string of the molecule is C=CCC(C)C.C=CCOC(=O)C(C)C.CC(=O)C(C)C.CC(C)C.CC(C)C.CC(C)C(=O)OCC1c2ccccc2-c2ccccc21.CC(C)C(=O)OCc1ccccc1.CC(C)CC(C)C.CC(C)COC(=O)C(C)C.CC(C)C[Si](C)(C)C(C)C.CC(C)Cc1ccc(CO)cc1.CC(C)Cc1ccccc1.CCC(C)C.CCCOC(=O)C(C)C. The van der Waals surface area contributed by atoms with Gasteiger partial charge in [0.1, 0.15) is 25.6 Å². The zero-order chi connectivity index (χ0) is 98.7. The summed E-state index contributed by atoms with van der Waals surface area (Å²) >= 11 is 0. The van der Waals surface area contributed by atoms with Gasteiger partial charge < -0.3 is 28.8 Å². The molecule has 0 unspecified atom stereocenters. The van der Waals surface area contributed by atoms with Gasteiger partial charge in [-0.05, 0) is 143 Å². The number of benzene rings is 5. The lowest BCUT2D eigenvalue weighted by atomic mass is 9.98. The van der Waals surface area contributed by atoms with Gasteiger partial charge in [0.15, 0.2) is 0 Å². The van der Waals surface area contributed by atoms with Gasteiger partial charge in [0.25, 0.3) is 0 Å². The average Bonchev–Trinajstić information content (AvgIpc) is 1.62. The number of allylic oxidation sites excluding steroid dienone is 1. The lowest BCUT2D eigenvalue weighted by molar-refractivity contribution is -0.149. The summed E-state index contributed by atoms with van der Waals surface area (Å²) in [6.07, 6.45) is 10.5. The van der Waals surface area contributed by atoms with Crippen molar-refractivity contribution in [3.8, 4) is 11.1 Å². The second kappa shape index (κ2) is 83.7. The van der Waals surface area contributed by atoms with E-state index in [1.54, 1.807) is 26.8 Å². The smallest absolute Gasteiger partial charge is 0.308 e. The maximum atomic E-state index is 11.7. The monoisotopic (exact) mass is 1760 g/mol. The third kappa shape index (κ3) is 91.3. The molecule has 0 heterocycles. The number of carbonyl (C=O) groups excluding carboxylic acids is 6. The minimum Gasteiger partial charge on any atom is -0.465 e. The maximum Gasteiger partial charge on any atom is 0.308 e. The number of carbonyl (C=O) groups is 6. The zero-order valence-corrected chi connectivity index (χ0v) is 89.3. The molecule has 125 heavy (non-hydrogen) atoms. The Morgan fingerprint density at radius 2 is 0.704 bits per heavy atom. The Bertz CT molecular complexity index is 3290. The van der Waals surface area contributed by atoms with Crippen LogP contribution in [0.15, 0.2) is 159 Å². The van der Waals surface area contributed by atoms with E-state index in [0.717, 1.165) is 83.3 Å². The topological polar surface area (TPSA) is 169 Å². The molecule has 0 saturated heterocycles. The largest absolute Gasteiger partial charge is 0.465 e. The molecule has 0 spiro atoms. The summed E-state index contributed by atoms with van der Waals surface area (Å²) in [5.74, 6) is 7.68. The molecule has 1 aliphatic carbocycles. The van der Waals surface area contributed by atoms with Gasteiger partial charge in [0, 0.05) is 11.8 Å². The van der Waals surface area contributed by atoms with Crippen LogP contribution < -0.4 is 0 Å². The molecule has 6 rings (SSSR count). The molecular formula is C112H196O12Si. The first-order chi connectivity index (χ1) is 57.9. The maximum absolute atomic E-state index is 11.7. The van der Waals surface area contributed by atoms with Crippen LogP contribution in [-0.4, -0.2) is 75.2 Å². The minimum atomic E-state index is -0.844. The lowest BCUT2D eigenvalue weighted by Crippen LogP contribution is -2.30. The van der Waals surface area contributed by atoms with Gasteiger partial charge in [-0.25, -0.2) is 0 Å².